The van der Waals surface area contributed by atoms with Crippen molar-refractivity contribution >= 4 is 47.1 Å². The number of ether oxygens (including phenoxy) is 10. The summed E-state index contributed by atoms with van der Waals surface area (Å²) in [5.41, 5.74) is 9.21. The average molecular weight is 1020 g/mol. The topological polar surface area (TPSA) is 269 Å². The van der Waals surface area contributed by atoms with Gasteiger partial charge in [-0.2, -0.15) is 0 Å². The SMILES string of the molecule is CCCN(OCC)C(=O)C1=Cc2c(CCCCCNC(=O)CCOCCOCCOCCOCCOCCOCCOCCOCCOCCOCCNC(=O)CN3C(=O)C=CC3=O)cncc2N=C(N)C1. The molecule has 4 N–H and O–H groups in total. The van der Waals surface area contributed by atoms with E-state index in [9.17, 15) is 24.0 Å². The Morgan fingerprint density at radius 2 is 1.11 bits per heavy atom. The van der Waals surface area contributed by atoms with E-state index in [1.807, 2.05) is 26.1 Å². The van der Waals surface area contributed by atoms with Crippen molar-refractivity contribution in [1.29, 1.82) is 0 Å². The van der Waals surface area contributed by atoms with E-state index in [-0.39, 0.29) is 44.4 Å². The fourth-order valence-corrected chi connectivity index (χ4v) is 6.68. The number of rotatable bonds is 46. The van der Waals surface area contributed by atoms with Crippen molar-refractivity contribution in [3.8, 4) is 0 Å². The maximum Gasteiger partial charge on any atom is 0.273 e. The number of nitrogens with zero attached hydrogens (tertiary/aromatic N) is 4. The lowest BCUT2D eigenvalue weighted by molar-refractivity contribution is -0.180. The summed E-state index contributed by atoms with van der Waals surface area (Å²) in [7, 11) is 0. The van der Waals surface area contributed by atoms with Crippen molar-refractivity contribution in [3.05, 3.63) is 41.2 Å². The Morgan fingerprint density at radius 3 is 1.61 bits per heavy atom. The van der Waals surface area contributed by atoms with Gasteiger partial charge in [-0.3, -0.25) is 38.7 Å². The van der Waals surface area contributed by atoms with Gasteiger partial charge in [0.15, 0.2) is 0 Å². The van der Waals surface area contributed by atoms with Crippen LogP contribution >= 0.6 is 0 Å². The van der Waals surface area contributed by atoms with Crippen LogP contribution in [-0.4, -0.2) is 215 Å². The van der Waals surface area contributed by atoms with Gasteiger partial charge in [0, 0.05) is 62.0 Å². The largest absolute Gasteiger partial charge is 0.387 e. The number of amidine groups is 1. The Morgan fingerprint density at radius 1 is 0.625 bits per heavy atom. The van der Waals surface area contributed by atoms with Crippen LogP contribution in [0.15, 0.2) is 35.1 Å². The van der Waals surface area contributed by atoms with E-state index in [4.69, 9.17) is 57.9 Å². The second-order valence-corrected chi connectivity index (χ2v) is 16.0. The zero-order valence-corrected chi connectivity index (χ0v) is 42.4. The lowest BCUT2D eigenvalue weighted by atomic mass is 9.99. The Balaban J connectivity index is 0.987. The van der Waals surface area contributed by atoms with Crippen molar-refractivity contribution in [2.45, 2.75) is 58.8 Å². The number of pyridine rings is 1. The van der Waals surface area contributed by atoms with Crippen LogP contribution in [0.4, 0.5) is 5.69 Å². The van der Waals surface area contributed by atoms with E-state index < -0.39 is 17.7 Å². The first-order chi connectivity index (χ1) is 35.2. The minimum Gasteiger partial charge on any atom is -0.387 e. The molecule has 2 aliphatic heterocycles. The van der Waals surface area contributed by atoms with Crippen molar-refractivity contribution in [2.75, 3.05) is 165 Å². The molecule has 0 atom stereocenters. The minimum atomic E-state index is -0.498. The molecular formula is C49H79N7O16. The highest BCUT2D eigenvalue weighted by Gasteiger charge is 2.26. The van der Waals surface area contributed by atoms with Gasteiger partial charge in [-0.1, -0.05) is 13.3 Å². The smallest absolute Gasteiger partial charge is 0.273 e. The predicted octanol–water partition coefficient (Wildman–Crippen LogP) is 1.47. The molecule has 406 valence electrons. The molecule has 3 heterocycles. The molecule has 0 unspecified atom stereocenters. The number of nitrogens with one attached hydrogen (secondary N) is 2. The average Bonchev–Trinajstić information content (AvgIpc) is 3.56. The first-order valence-electron chi connectivity index (χ1n) is 25.0. The fourth-order valence-electron chi connectivity index (χ4n) is 6.68. The first kappa shape index (κ1) is 61.5. The standard InChI is InChI=1S/C49H79N7O16/c1-3-14-56(72-4-2)49(61)41-35-42-40(37-51-38-43(42)54-44(50)36-41)8-6-5-7-12-52-45(57)11-15-62-17-19-64-21-23-66-25-27-68-29-31-70-33-34-71-32-30-69-28-26-67-24-22-65-20-18-63-16-13-53-46(58)39-55-47(59)9-10-48(55)60/h9-10,35,37-38H,3-8,11-34,36,39H2,1-2H3,(H2,50,54)(H,52,57)(H,53,58). The van der Waals surface area contributed by atoms with Gasteiger partial charge < -0.3 is 63.7 Å². The van der Waals surface area contributed by atoms with Gasteiger partial charge in [-0.15, -0.1) is 0 Å². The number of hydrogen-bond donors (Lipinski definition) is 3. The van der Waals surface area contributed by atoms with Gasteiger partial charge in [0.1, 0.15) is 12.4 Å². The number of hydroxylamine groups is 2. The zero-order valence-electron chi connectivity index (χ0n) is 42.4. The van der Waals surface area contributed by atoms with Crippen LogP contribution in [0, 0.1) is 0 Å². The molecule has 0 saturated heterocycles. The Hall–Kier alpha value is -4.79. The van der Waals surface area contributed by atoms with Crippen LogP contribution in [0.5, 0.6) is 0 Å². The van der Waals surface area contributed by atoms with E-state index in [0.717, 1.165) is 60.3 Å². The molecule has 0 aromatic carbocycles. The lowest BCUT2D eigenvalue weighted by Gasteiger charge is -2.21. The third-order valence-electron chi connectivity index (χ3n) is 10.3. The van der Waals surface area contributed by atoms with Crippen molar-refractivity contribution in [1.82, 2.24) is 25.6 Å². The number of fused-ring (bicyclic) bond motifs is 1. The summed E-state index contributed by atoms with van der Waals surface area (Å²) in [6.07, 6.45) is 12.3. The summed E-state index contributed by atoms with van der Waals surface area (Å²) in [5.74, 6) is -1.34. The lowest BCUT2D eigenvalue weighted by Crippen LogP contribution is -2.41. The molecule has 0 aliphatic carbocycles. The van der Waals surface area contributed by atoms with Gasteiger partial charge in [-0.25, -0.2) is 10.1 Å². The number of aryl methyl sites for hydroxylation is 1. The van der Waals surface area contributed by atoms with E-state index in [1.165, 1.54) is 5.06 Å². The second-order valence-electron chi connectivity index (χ2n) is 16.0. The summed E-state index contributed by atoms with van der Waals surface area (Å²) in [4.78, 5) is 75.7. The molecular weight excluding hydrogens is 943 g/mol. The number of aromatic nitrogens is 1. The second kappa shape index (κ2) is 40.7. The number of imide groups is 1. The zero-order chi connectivity index (χ0) is 51.7. The van der Waals surface area contributed by atoms with Crippen LogP contribution < -0.4 is 16.4 Å². The maximum atomic E-state index is 13.3. The van der Waals surface area contributed by atoms with Gasteiger partial charge >= 0.3 is 0 Å². The molecule has 0 spiro atoms. The number of unbranched alkanes of at least 4 members (excludes halogenated alkanes) is 2. The molecule has 3 rings (SSSR count). The number of amides is 5. The molecule has 0 saturated carbocycles. The van der Waals surface area contributed by atoms with E-state index in [1.54, 1.807) is 6.20 Å². The predicted molar refractivity (Wildman–Crippen MR) is 264 cm³/mol. The van der Waals surface area contributed by atoms with Crippen molar-refractivity contribution in [3.63, 3.8) is 0 Å². The summed E-state index contributed by atoms with van der Waals surface area (Å²) in [6.45, 7) is 13.5. The van der Waals surface area contributed by atoms with Crippen LogP contribution in [0.2, 0.25) is 0 Å². The number of carbonyl (C=O) groups is 5. The van der Waals surface area contributed by atoms with Crippen LogP contribution in [0.25, 0.3) is 6.08 Å². The van der Waals surface area contributed by atoms with Crippen LogP contribution in [-0.2, 0) is 82.6 Å². The molecule has 2 aliphatic rings. The summed E-state index contributed by atoms with van der Waals surface area (Å²) in [5, 5.41) is 6.94. The van der Waals surface area contributed by atoms with Gasteiger partial charge in [0.25, 0.3) is 17.7 Å². The molecule has 1 aromatic heterocycles. The molecule has 1 aromatic rings. The van der Waals surface area contributed by atoms with Gasteiger partial charge in [-0.05, 0) is 44.2 Å². The molecule has 0 fully saturated rings. The summed E-state index contributed by atoms with van der Waals surface area (Å²) >= 11 is 0. The summed E-state index contributed by atoms with van der Waals surface area (Å²) in [6, 6.07) is 0. The Labute approximate surface area is 423 Å². The highest BCUT2D eigenvalue weighted by Crippen LogP contribution is 2.30. The van der Waals surface area contributed by atoms with Crippen LogP contribution in [0.3, 0.4) is 0 Å². The molecule has 0 radical (unpaired) electrons. The van der Waals surface area contributed by atoms with Gasteiger partial charge in [0.05, 0.1) is 151 Å². The quantitative estimate of drug-likeness (QED) is 0.0474. The van der Waals surface area contributed by atoms with Crippen LogP contribution in [0.1, 0.15) is 63.5 Å². The van der Waals surface area contributed by atoms with Crippen molar-refractivity contribution < 1.29 is 76.2 Å². The fraction of sp³-hybridized carbons (Fsp3) is 0.694. The third-order valence-corrected chi connectivity index (χ3v) is 10.3. The summed E-state index contributed by atoms with van der Waals surface area (Å²) < 4.78 is 54.9. The molecule has 5 amide bonds. The number of aliphatic imine (C=N–C) groups is 1. The Kier molecular flexibility index (Phi) is 34.7. The molecule has 23 heteroatoms. The third kappa shape index (κ3) is 28.5. The number of hydrogen-bond acceptors (Lipinski definition) is 19. The number of nitrogens with two attached hydrogens (primary N) is 1. The normalized spacial score (nSPS) is 13.3. The highest BCUT2D eigenvalue weighted by atomic mass is 16.7. The van der Waals surface area contributed by atoms with Crippen molar-refractivity contribution in [2.24, 2.45) is 10.7 Å². The molecule has 72 heavy (non-hydrogen) atoms. The first-order valence-corrected chi connectivity index (χ1v) is 25.0. The molecule has 0 bridgehead atoms. The minimum absolute atomic E-state index is 0.0546. The molecule has 23 nitrogen and oxygen atoms in total. The monoisotopic (exact) mass is 1020 g/mol. The number of carbonyl (C=O) groups excluding carboxylic acids is 5. The van der Waals surface area contributed by atoms with E-state index >= 15 is 0 Å². The highest BCUT2D eigenvalue weighted by molar-refractivity contribution is 6.14. The Bertz CT molecular complexity index is 1780. The van der Waals surface area contributed by atoms with E-state index in [0.29, 0.717) is 162 Å². The van der Waals surface area contributed by atoms with E-state index in [2.05, 4.69) is 20.6 Å². The van der Waals surface area contributed by atoms with Gasteiger partial charge in [0.2, 0.25) is 11.8 Å². The maximum absolute atomic E-state index is 13.3.